The van der Waals surface area contributed by atoms with Crippen LogP contribution in [0.2, 0.25) is 0 Å². The van der Waals surface area contributed by atoms with Crippen LogP contribution in [-0.2, 0) is 11.3 Å². The lowest BCUT2D eigenvalue weighted by Crippen LogP contribution is -2.37. The van der Waals surface area contributed by atoms with Gasteiger partial charge in [0.05, 0.1) is 0 Å². The van der Waals surface area contributed by atoms with Crippen molar-refractivity contribution in [1.82, 2.24) is 15.5 Å². The third-order valence-electron chi connectivity index (χ3n) is 3.50. The van der Waals surface area contributed by atoms with Crippen molar-refractivity contribution in [3.05, 3.63) is 35.4 Å². The number of nitrogens with one attached hydrogen (secondary N) is 2. The summed E-state index contributed by atoms with van der Waals surface area (Å²) in [5, 5.41) is 6.54. The van der Waals surface area contributed by atoms with Crippen molar-refractivity contribution in [2.45, 2.75) is 26.8 Å². The van der Waals surface area contributed by atoms with Gasteiger partial charge < -0.3 is 20.3 Å². The first-order valence-electron chi connectivity index (χ1n) is 8.77. The summed E-state index contributed by atoms with van der Waals surface area (Å²) in [6.07, 6.45) is 0.939. The SMILES string of the molecule is CN=C(NCCCOCC(C)C)NCc1ccc(C(=O)N(C)C)cc1.I. The zero-order chi connectivity index (χ0) is 18.7. The zero-order valence-electron chi connectivity index (χ0n) is 16.5. The molecule has 0 saturated heterocycles. The maximum Gasteiger partial charge on any atom is 0.253 e. The topological polar surface area (TPSA) is 66.0 Å². The van der Waals surface area contributed by atoms with E-state index in [1.807, 2.05) is 24.3 Å². The largest absolute Gasteiger partial charge is 0.381 e. The normalized spacial score (nSPS) is 11.1. The van der Waals surface area contributed by atoms with Crippen molar-refractivity contribution < 1.29 is 9.53 Å². The molecule has 148 valence electrons. The number of benzene rings is 1. The Hall–Kier alpha value is -1.35. The van der Waals surface area contributed by atoms with Gasteiger partial charge >= 0.3 is 0 Å². The van der Waals surface area contributed by atoms with E-state index < -0.39 is 0 Å². The third-order valence-corrected chi connectivity index (χ3v) is 3.50. The van der Waals surface area contributed by atoms with Crippen LogP contribution in [0.15, 0.2) is 29.3 Å². The van der Waals surface area contributed by atoms with Gasteiger partial charge in [-0.1, -0.05) is 26.0 Å². The Morgan fingerprint density at radius 3 is 2.38 bits per heavy atom. The Bertz CT molecular complexity index is 545. The second-order valence-corrected chi connectivity index (χ2v) is 6.57. The molecule has 1 rings (SSSR count). The molecule has 0 saturated carbocycles. The molecule has 26 heavy (non-hydrogen) atoms. The van der Waals surface area contributed by atoms with Crippen LogP contribution in [0, 0.1) is 5.92 Å². The monoisotopic (exact) mass is 476 g/mol. The predicted octanol–water partition coefficient (Wildman–Crippen LogP) is 2.73. The molecule has 0 aliphatic rings. The second-order valence-electron chi connectivity index (χ2n) is 6.57. The van der Waals surface area contributed by atoms with Gasteiger partial charge in [-0.2, -0.15) is 0 Å². The molecule has 1 amide bonds. The lowest BCUT2D eigenvalue weighted by molar-refractivity contribution is 0.0827. The Kier molecular flexibility index (Phi) is 13.1. The quantitative estimate of drug-likeness (QED) is 0.249. The van der Waals surface area contributed by atoms with Gasteiger partial charge in [0.1, 0.15) is 0 Å². The molecule has 1 aromatic rings. The Labute approximate surface area is 174 Å². The number of amides is 1. The highest BCUT2D eigenvalue weighted by Gasteiger charge is 2.07. The Balaban J connectivity index is 0.00000625. The second kappa shape index (κ2) is 13.8. The highest BCUT2D eigenvalue weighted by molar-refractivity contribution is 14.0. The molecule has 1 aromatic carbocycles. The molecule has 0 atom stereocenters. The lowest BCUT2D eigenvalue weighted by Gasteiger charge is -2.13. The average molecular weight is 476 g/mol. The molecule has 0 bridgehead atoms. The fourth-order valence-corrected chi connectivity index (χ4v) is 2.13. The number of hydrogen-bond donors (Lipinski definition) is 2. The summed E-state index contributed by atoms with van der Waals surface area (Å²) in [4.78, 5) is 17.7. The molecule has 0 unspecified atom stereocenters. The van der Waals surface area contributed by atoms with E-state index in [4.69, 9.17) is 4.74 Å². The van der Waals surface area contributed by atoms with Gasteiger partial charge in [0.2, 0.25) is 0 Å². The maximum atomic E-state index is 11.9. The molecule has 7 heteroatoms. The van der Waals surface area contributed by atoms with Crippen LogP contribution in [0.3, 0.4) is 0 Å². The number of ether oxygens (including phenoxy) is 1. The van der Waals surface area contributed by atoms with Gasteiger partial charge in [-0.3, -0.25) is 9.79 Å². The van der Waals surface area contributed by atoms with Gasteiger partial charge in [0.15, 0.2) is 5.96 Å². The molecule has 0 fully saturated rings. The summed E-state index contributed by atoms with van der Waals surface area (Å²) in [6.45, 7) is 7.32. The van der Waals surface area contributed by atoms with Crippen LogP contribution in [0.1, 0.15) is 36.2 Å². The van der Waals surface area contributed by atoms with Crippen LogP contribution < -0.4 is 10.6 Å². The van der Waals surface area contributed by atoms with Crippen molar-refractivity contribution in [3.8, 4) is 0 Å². The summed E-state index contributed by atoms with van der Waals surface area (Å²) < 4.78 is 5.56. The molecular formula is C19H33IN4O2. The van der Waals surface area contributed by atoms with E-state index in [1.165, 1.54) is 0 Å². The van der Waals surface area contributed by atoms with Gasteiger partial charge in [-0.15, -0.1) is 24.0 Å². The summed E-state index contributed by atoms with van der Waals surface area (Å²) >= 11 is 0. The molecule has 0 aliphatic heterocycles. The predicted molar refractivity (Wildman–Crippen MR) is 118 cm³/mol. The van der Waals surface area contributed by atoms with Crippen LogP contribution >= 0.6 is 24.0 Å². The summed E-state index contributed by atoms with van der Waals surface area (Å²) in [7, 11) is 5.26. The Morgan fingerprint density at radius 1 is 1.19 bits per heavy atom. The molecule has 0 radical (unpaired) electrons. The number of hydrogen-bond acceptors (Lipinski definition) is 3. The average Bonchev–Trinajstić information content (AvgIpc) is 2.60. The van der Waals surface area contributed by atoms with Gasteiger partial charge in [-0.05, 0) is 30.0 Å². The molecular weight excluding hydrogens is 443 g/mol. The standard InChI is InChI=1S/C19H32N4O2.HI/c1-15(2)14-25-12-6-11-21-19(20-3)22-13-16-7-9-17(10-8-16)18(24)23(4)5;/h7-10,15H,6,11-14H2,1-5H3,(H2,20,21,22);1H. The van der Waals surface area contributed by atoms with Crippen LogP contribution in [-0.4, -0.2) is 57.7 Å². The van der Waals surface area contributed by atoms with E-state index in [0.29, 0.717) is 18.0 Å². The molecule has 0 heterocycles. The fraction of sp³-hybridized carbons (Fsp3) is 0.579. The van der Waals surface area contributed by atoms with E-state index in [-0.39, 0.29) is 29.9 Å². The lowest BCUT2D eigenvalue weighted by atomic mass is 10.1. The number of halogens is 1. The van der Waals surface area contributed by atoms with Crippen LogP contribution in [0.5, 0.6) is 0 Å². The minimum atomic E-state index is 0. The van der Waals surface area contributed by atoms with Crippen molar-refractivity contribution >= 4 is 35.8 Å². The molecule has 0 aliphatic carbocycles. The van der Waals surface area contributed by atoms with Crippen LogP contribution in [0.25, 0.3) is 0 Å². The van der Waals surface area contributed by atoms with E-state index in [9.17, 15) is 4.79 Å². The summed E-state index contributed by atoms with van der Waals surface area (Å²) in [5.74, 6) is 1.34. The number of aliphatic imine (C=N–C) groups is 1. The summed E-state index contributed by atoms with van der Waals surface area (Å²) in [5.41, 5.74) is 1.79. The van der Waals surface area contributed by atoms with Crippen molar-refractivity contribution in [3.63, 3.8) is 0 Å². The van der Waals surface area contributed by atoms with Crippen LogP contribution in [0.4, 0.5) is 0 Å². The molecule has 2 N–H and O–H groups in total. The zero-order valence-corrected chi connectivity index (χ0v) is 18.9. The third kappa shape index (κ3) is 9.96. The summed E-state index contributed by atoms with van der Waals surface area (Å²) in [6, 6.07) is 7.61. The maximum absolute atomic E-state index is 11.9. The number of rotatable bonds is 9. The van der Waals surface area contributed by atoms with E-state index in [0.717, 1.165) is 37.7 Å². The first-order chi connectivity index (χ1) is 11.9. The van der Waals surface area contributed by atoms with Gasteiger partial charge in [-0.25, -0.2) is 0 Å². The Morgan fingerprint density at radius 2 is 1.85 bits per heavy atom. The number of carbonyl (C=O) groups is 1. The smallest absolute Gasteiger partial charge is 0.253 e. The van der Waals surface area contributed by atoms with Crippen molar-refractivity contribution in [2.24, 2.45) is 10.9 Å². The number of guanidine groups is 1. The van der Waals surface area contributed by atoms with Gasteiger partial charge in [0, 0.05) is 53.0 Å². The molecule has 0 spiro atoms. The molecule has 0 aromatic heterocycles. The van der Waals surface area contributed by atoms with Gasteiger partial charge in [0.25, 0.3) is 5.91 Å². The van der Waals surface area contributed by atoms with E-state index in [2.05, 4.69) is 29.5 Å². The minimum absolute atomic E-state index is 0. The number of carbonyl (C=O) groups excluding carboxylic acids is 1. The van der Waals surface area contributed by atoms with E-state index >= 15 is 0 Å². The van der Waals surface area contributed by atoms with Crippen molar-refractivity contribution in [1.29, 1.82) is 0 Å². The first kappa shape index (κ1) is 24.7. The van der Waals surface area contributed by atoms with E-state index in [1.54, 1.807) is 26.0 Å². The highest BCUT2D eigenvalue weighted by atomic mass is 127. The molecule has 6 nitrogen and oxygen atoms in total. The number of nitrogens with zero attached hydrogens (tertiary/aromatic N) is 2. The van der Waals surface area contributed by atoms with Crippen molar-refractivity contribution in [2.75, 3.05) is 40.9 Å². The fourth-order valence-electron chi connectivity index (χ4n) is 2.13. The highest BCUT2D eigenvalue weighted by Crippen LogP contribution is 2.06. The first-order valence-corrected chi connectivity index (χ1v) is 8.77. The minimum Gasteiger partial charge on any atom is -0.381 e.